The van der Waals surface area contributed by atoms with Crippen LogP contribution in [0.15, 0.2) is 36.4 Å². The number of ether oxygens (including phenoxy) is 3. The first-order chi connectivity index (χ1) is 12.5. The highest BCUT2D eigenvalue weighted by Crippen LogP contribution is 2.35. The van der Waals surface area contributed by atoms with Gasteiger partial charge in [-0.1, -0.05) is 47.5 Å². The van der Waals surface area contributed by atoms with Crippen molar-refractivity contribution < 1.29 is 19.3 Å². The molecule has 0 fully saturated rings. The van der Waals surface area contributed by atoms with Gasteiger partial charge in [0.2, 0.25) is 0 Å². The predicted octanol–water partition coefficient (Wildman–Crippen LogP) is 5.48. The highest BCUT2D eigenvalue weighted by Gasteiger charge is 2.13. The van der Waals surface area contributed by atoms with Gasteiger partial charge in [0.05, 0.1) is 15.9 Å². The maximum absolute atomic E-state index is 9.30. The molecule has 0 saturated carbocycles. The van der Waals surface area contributed by atoms with Gasteiger partial charge in [-0.15, -0.1) is 11.6 Å². The van der Waals surface area contributed by atoms with Gasteiger partial charge in [0, 0.05) is 7.11 Å². The van der Waals surface area contributed by atoms with Gasteiger partial charge >= 0.3 is 0 Å². The average Bonchev–Trinajstić information content (AvgIpc) is 2.63. The lowest BCUT2D eigenvalue weighted by atomic mass is 10.1. The van der Waals surface area contributed by atoms with Gasteiger partial charge in [0.15, 0.2) is 5.75 Å². The van der Waals surface area contributed by atoms with Gasteiger partial charge in [-0.05, 0) is 35.4 Å². The van der Waals surface area contributed by atoms with E-state index in [9.17, 15) is 5.11 Å². The molecule has 0 aliphatic heterocycles. The zero-order chi connectivity index (χ0) is 18.9. The largest absolute Gasteiger partial charge is 0.508 e. The molecule has 4 nitrogen and oxygen atoms in total. The van der Waals surface area contributed by atoms with Crippen LogP contribution in [-0.4, -0.2) is 37.6 Å². The smallest absolute Gasteiger partial charge is 0.156 e. The molecular formula is C19H19Cl3O4. The van der Waals surface area contributed by atoms with E-state index in [0.29, 0.717) is 15.8 Å². The molecule has 1 unspecified atom stereocenters. The summed E-state index contributed by atoms with van der Waals surface area (Å²) in [4.78, 5) is 0. The first kappa shape index (κ1) is 20.9. The van der Waals surface area contributed by atoms with Crippen LogP contribution >= 0.6 is 34.8 Å². The minimum absolute atomic E-state index is 0.128. The number of hydrogen-bond donors (Lipinski definition) is 1. The molecule has 0 heterocycles. The Balaban J connectivity index is 2.06. The number of rotatable bonds is 9. The Morgan fingerprint density at radius 2 is 1.65 bits per heavy atom. The van der Waals surface area contributed by atoms with Crippen LogP contribution in [0.25, 0.3) is 12.2 Å². The Labute approximate surface area is 167 Å². The lowest BCUT2D eigenvalue weighted by Gasteiger charge is -2.17. The van der Waals surface area contributed by atoms with E-state index >= 15 is 0 Å². The van der Waals surface area contributed by atoms with Gasteiger partial charge in [-0.3, -0.25) is 0 Å². The van der Waals surface area contributed by atoms with Crippen LogP contribution < -0.4 is 4.74 Å². The van der Waals surface area contributed by atoms with Gasteiger partial charge < -0.3 is 19.3 Å². The Morgan fingerprint density at radius 3 is 2.23 bits per heavy atom. The molecule has 0 aliphatic rings. The van der Waals surface area contributed by atoms with Crippen LogP contribution in [-0.2, 0) is 9.47 Å². The van der Waals surface area contributed by atoms with E-state index in [1.807, 2.05) is 12.2 Å². The maximum Gasteiger partial charge on any atom is 0.156 e. The minimum atomic E-state index is -0.335. The minimum Gasteiger partial charge on any atom is -0.508 e. The number of hydrogen-bond acceptors (Lipinski definition) is 4. The number of phenols is 1. The first-order valence-corrected chi connectivity index (χ1v) is 9.08. The van der Waals surface area contributed by atoms with Crippen molar-refractivity contribution >= 4 is 47.0 Å². The maximum atomic E-state index is 9.30. The Hall–Kier alpha value is -1.43. The number of halogens is 3. The molecule has 1 atom stereocenters. The van der Waals surface area contributed by atoms with E-state index in [4.69, 9.17) is 49.0 Å². The van der Waals surface area contributed by atoms with E-state index in [2.05, 4.69) is 0 Å². The monoisotopic (exact) mass is 416 g/mol. The molecule has 2 aromatic carbocycles. The summed E-state index contributed by atoms with van der Waals surface area (Å²) in [5.74, 6) is 0.859. The van der Waals surface area contributed by atoms with Crippen LogP contribution in [0, 0.1) is 0 Å². The van der Waals surface area contributed by atoms with E-state index in [-0.39, 0.29) is 31.1 Å². The number of methoxy groups -OCH3 is 1. The lowest BCUT2D eigenvalue weighted by molar-refractivity contribution is -0.0754. The second-order valence-electron chi connectivity index (χ2n) is 5.40. The van der Waals surface area contributed by atoms with Gasteiger partial charge in [-0.2, -0.15) is 0 Å². The van der Waals surface area contributed by atoms with Crippen LogP contribution in [0.5, 0.6) is 11.5 Å². The quantitative estimate of drug-likeness (QED) is 0.333. The molecule has 0 bridgehead atoms. The number of benzene rings is 2. The third-order valence-electron chi connectivity index (χ3n) is 3.39. The first-order valence-electron chi connectivity index (χ1n) is 7.79. The average molecular weight is 418 g/mol. The number of alkyl halides is 1. The predicted molar refractivity (Wildman–Crippen MR) is 106 cm³/mol. The zero-order valence-electron chi connectivity index (χ0n) is 14.1. The molecule has 0 amide bonds. The number of aromatic hydroxyl groups is 1. The summed E-state index contributed by atoms with van der Waals surface area (Å²) in [6.07, 6.45) is 3.43. The van der Waals surface area contributed by atoms with Crippen molar-refractivity contribution in [2.24, 2.45) is 0 Å². The van der Waals surface area contributed by atoms with Crippen molar-refractivity contribution in [1.29, 1.82) is 0 Å². The van der Waals surface area contributed by atoms with E-state index in [0.717, 1.165) is 11.1 Å². The van der Waals surface area contributed by atoms with Crippen LogP contribution in [0.3, 0.4) is 0 Å². The fourth-order valence-electron chi connectivity index (χ4n) is 2.07. The highest BCUT2D eigenvalue weighted by molar-refractivity contribution is 6.37. The summed E-state index contributed by atoms with van der Waals surface area (Å²) in [7, 11) is 1.53. The van der Waals surface area contributed by atoms with E-state index in [1.165, 1.54) is 7.11 Å². The van der Waals surface area contributed by atoms with Crippen molar-refractivity contribution in [3.63, 3.8) is 0 Å². The molecule has 7 heteroatoms. The van der Waals surface area contributed by atoms with Crippen molar-refractivity contribution in [3.8, 4) is 11.5 Å². The summed E-state index contributed by atoms with van der Waals surface area (Å²) in [5, 5.41) is 10.1. The molecule has 0 spiro atoms. The normalized spacial score (nSPS) is 12.5. The highest BCUT2D eigenvalue weighted by atomic mass is 35.5. The Morgan fingerprint density at radius 1 is 1.04 bits per heavy atom. The molecule has 0 aromatic heterocycles. The topological polar surface area (TPSA) is 47.9 Å². The third-order valence-corrected chi connectivity index (χ3v) is 4.29. The summed E-state index contributed by atoms with van der Waals surface area (Å²) in [6.45, 7) is 0.332. The van der Waals surface area contributed by atoms with Crippen molar-refractivity contribution in [2.75, 3.05) is 26.4 Å². The Kier molecular flexibility index (Phi) is 8.55. The summed E-state index contributed by atoms with van der Waals surface area (Å²) in [5.41, 5.74) is 1.76. The molecule has 0 aliphatic carbocycles. The van der Waals surface area contributed by atoms with Crippen molar-refractivity contribution in [1.82, 2.24) is 0 Å². The third kappa shape index (κ3) is 6.38. The standard InChI is InChI=1S/C19H19Cl3O4/c1-24-12-26-16(10-20)11-25-19-17(21)8-14(9-18(19)22)3-2-13-4-6-15(23)7-5-13/h2-9,16,23H,10-12H2,1H3/b3-2+. The second kappa shape index (κ2) is 10.7. The Bertz CT molecular complexity index is 709. The van der Waals surface area contributed by atoms with Gasteiger partial charge in [0.1, 0.15) is 25.3 Å². The van der Waals surface area contributed by atoms with Gasteiger partial charge in [-0.25, -0.2) is 0 Å². The van der Waals surface area contributed by atoms with Crippen molar-refractivity contribution in [3.05, 3.63) is 57.6 Å². The molecule has 2 rings (SSSR count). The molecule has 2 aromatic rings. The number of phenolic OH excluding ortho intramolecular Hbond substituents is 1. The van der Waals surface area contributed by atoms with Crippen LogP contribution in [0.2, 0.25) is 10.0 Å². The second-order valence-corrected chi connectivity index (χ2v) is 6.52. The van der Waals surface area contributed by atoms with E-state index < -0.39 is 0 Å². The molecule has 1 N–H and O–H groups in total. The lowest BCUT2D eigenvalue weighted by Crippen LogP contribution is -2.24. The molecule has 140 valence electrons. The summed E-state index contributed by atoms with van der Waals surface area (Å²) < 4.78 is 15.9. The fraction of sp³-hybridized carbons (Fsp3) is 0.263. The SMILES string of the molecule is COCOC(CCl)COc1c(Cl)cc(/C=C/c2ccc(O)cc2)cc1Cl. The molecule has 0 saturated heterocycles. The summed E-state index contributed by atoms with van der Waals surface area (Å²) >= 11 is 18.4. The van der Waals surface area contributed by atoms with Crippen LogP contribution in [0.4, 0.5) is 0 Å². The van der Waals surface area contributed by atoms with Gasteiger partial charge in [0.25, 0.3) is 0 Å². The molecule has 0 radical (unpaired) electrons. The summed E-state index contributed by atoms with van der Waals surface area (Å²) in [6, 6.07) is 10.4. The molecule has 26 heavy (non-hydrogen) atoms. The molecular weight excluding hydrogens is 399 g/mol. The van der Waals surface area contributed by atoms with E-state index in [1.54, 1.807) is 36.4 Å². The fourth-order valence-corrected chi connectivity index (χ4v) is 2.86. The zero-order valence-corrected chi connectivity index (χ0v) is 16.4. The van der Waals surface area contributed by atoms with Crippen LogP contribution in [0.1, 0.15) is 11.1 Å². The van der Waals surface area contributed by atoms with Crippen molar-refractivity contribution in [2.45, 2.75) is 6.10 Å².